The number of unbranched alkanes of at least 4 members (excludes halogenated alkanes) is 12. The molecule has 0 N–H and O–H groups in total. The lowest BCUT2D eigenvalue weighted by Gasteiger charge is -2.13. The van der Waals surface area contributed by atoms with E-state index in [2.05, 4.69) is 161 Å². The molecule has 0 fully saturated rings. The van der Waals surface area contributed by atoms with Crippen LogP contribution < -0.4 is 0 Å². The van der Waals surface area contributed by atoms with Crippen LogP contribution in [0.2, 0.25) is 0 Å². The Hall–Kier alpha value is -4.86. The van der Waals surface area contributed by atoms with E-state index in [1.54, 1.807) is 0 Å². The Bertz CT molecular complexity index is 2470. The third-order valence-corrected chi connectivity index (χ3v) is 15.2. The fourth-order valence-electron chi connectivity index (χ4n) is 8.88. The highest BCUT2D eigenvalue weighted by atomic mass is 32.1. The van der Waals surface area contributed by atoms with Crippen LogP contribution in [0.15, 0.2) is 109 Å². The number of hydrogen-bond donors (Lipinski definition) is 0. The van der Waals surface area contributed by atoms with E-state index in [1.807, 2.05) is 22.7 Å². The lowest BCUT2D eigenvalue weighted by Crippen LogP contribution is -1.92. The van der Waals surface area contributed by atoms with E-state index < -0.39 is 0 Å². The molecule has 0 aliphatic rings. The summed E-state index contributed by atoms with van der Waals surface area (Å²) in [6.07, 6.45) is 25.1. The predicted molar refractivity (Wildman–Crippen MR) is 284 cm³/mol. The second kappa shape index (κ2) is 25.0. The summed E-state index contributed by atoms with van der Waals surface area (Å²) in [4.78, 5) is 5.59. The van der Waals surface area contributed by atoms with Gasteiger partial charge in [0.05, 0.1) is 0 Å². The van der Waals surface area contributed by atoms with Crippen molar-refractivity contribution < 1.29 is 0 Å². The molecule has 5 aromatic carbocycles. The van der Waals surface area contributed by atoms with Gasteiger partial charge in [-0.1, -0.05) is 177 Å². The summed E-state index contributed by atoms with van der Waals surface area (Å²) in [5, 5.41) is 4.68. The van der Waals surface area contributed by atoms with Gasteiger partial charge in [-0.15, -0.1) is 22.7 Å². The monoisotopic (exact) mass is 878 g/mol. The third kappa shape index (κ3) is 13.1. The molecular formula is C62H70S2. The molecule has 7 rings (SSSR count). The maximum atomic E-state index is 3.79. The molecule has 0 saturated heterocycles. The molecule has 0 radical (unpaired) electrons. The number of aryl methyl sites for hydroxylation is 4. The number of benzene rings is 5. The average Bonchev–Trinajstić information content (AvgIpc) is 4.02. The highest BCUT2D eigenvalue weighted by Gasteiger charge is 2.16. The van der Waals surface area contributed by atoms with Crippen LogP contribution in [-0.4, -0.2) is 0 Å². The van der Waals surface area contributed by atoms with Crippen molar-refractivity contribution in [1.29, 1.82) is 0 Å². The van der Waals surface area contributed by atoms with Gasteiger partial charge in [0.1, 0.15) is 0 Å². The van der Waals surface area contributed by atoms with Crippen molar-refractivity contribution in [3.63, 3.8) is 0 Å². The van der Waals surface area contributed by atoms with Crippen LogP contribution in [0.5, 0.6) is 0 Å². The highest BCUT2D eigenvalue weighted by Crippen LogP contribution is 2.40. The molecule has 0 amide bonds. The molecule has 2 aromatic heterocycles. The molecule has 64 heavy (non-hydrogen) atoms. The van der Waals surface area contributed by atoms with Crippen molar-refractivity contribution in [2.24, 2.45) is 0 Å². The van der Waals surface area contributed by atoms with Crippen LogP contribution >= 0.6 is 22.7 Å². The Balaban J connectivity index is 1.34. The van der Waals surface area contributed by atoms with Crippen molar-refractivity contribution in [2.75, 3.05) is 0 Å². The van der Waals surface area contributed by atoms with Crippen molar-refractivity contribution in [1.82, 2.24) is 0 Å². The number of hydrogen-bond acceptors (Lipinski definition) is 2. The smallest absolute Gasteiger partial charge is 0.0407 e. The van der Waals surface area contributed by atoms with Crippen molar-refractivity contribution >= 4 is 44.2 Å². The molecule has 2 heteroatoms. The van der Waals surface area contributed by atoms with Crippen molar-refractivity contribution in [2.45, 2.75) is 156 Å². The SMILES string of the molecule is CCCCCCc1ccc(C#Cc2c3ccc(-c4ccc(CCCCCC)s4)cc3c(C#Cc3ccc(CCCCCC)cc3)c3ccc(-c4ccc(CCCCCC)s4)cc23)cc1. The van der Waals surface area contributed by atoms with Gasteiger partial charge in [-0.2, -0.15) is 0 Å². The zero-order valence-electron chi connectivity index (χ0n) is 39.4. The molecule has 0 aliphatic heterocycles. The third-order valence-electron chi connectivity index (χ3n) is 12.8. The second-order valence-electron chi connectivity index (χ2n) is 17.9. The first-order valence-corrected chi connectivity index (χ1v) is 26.6. The maximum absolute atomic E-state index is 3.79. The lowest BCUT2D eigenvalue weighted by atomic mass is 9.89. The van der Waals surface area contributed by atoms with E-state index >= 15 is 0 Å². The largest absolute Gasteiger partial charge is 0.140 e. The molecular weight excluding hydrogens is 809 g/mol. The first kappa shape index (κ1) is 47.1. The average molecular weight is 879 g/mol. The molecule has 0 unspecified atom stereocenters. The van der Waals surface area contributed by atoms with Gasteiger partial charge < -0.3 is 0 Å². The van der Waals surface area contributed by atoms with Crippen LogP contribution in [0.25, 0.3) is 42.4 Å². The van der Waals surface area contributed by atoms with E-state index in [9.17, 15) is 0 Å². The first-order valence-electron chi connectivity index (χ1n) is 25.0. The summed E-state index contributed by atoms with van der Waals surface area (Å²) in [5.74, 6) is 14.9. The normalized spacial score (nSPS) is 11.2. The predicted octanol–water partition coefficient (Wildman–Crippen LogP) is 18.7. The topological polar surface area (TPSA) is 0 Å². The fourth-order valence-corrected chi connectivity index (χ4v) is 11.0. The van der Waals surface area contributed by atoms with E-state index in [0.29, 0.717) is 0 Å². The van der Waals surface area contributed by atoms with Crippen LogP contribution in [0.4, 0.5) is 0 Å². The Morgan fingerprint density at radius 1 is 0.328 bits per heavy atom. The van der Waals surface area contributed by atoms with Crippen LogP contribution in [0.1, 0.15) is 174 Å². The summed E-state index contributed by atoms with van der Waals surface area (Å²) in [6.45, 7) is 9.13. The quantitative estimate of drug-likeness (QED) is 0.0362. The van der Waals surface area contributed by atoms with Crippen molar-refractivity contribution in [3.8, 4) is 44.6 Å². The number of thiophene rings is 2. The molecule has 7 aromatic rings. The van der Waals surface area contributed by atoms with Gasteiger partial charge in [-0.3, -0.25) is 0 Å². The summed E-state index contributed by atoms with van der Waals surface area (Å²) < 4.78 is 0. The zero-order chi connectivity index (χ0) is 44.4. The summed E-state index contributed by atoms with van der Waals surface area (Å²) in [6, 6.07) is 41.5. The van der Waals surface area contributed by atoms with E-state index in [4.69, 9.17) is 0 Å². The Labute approximate surface area is 395 Å². The van der Waals surface area contributed by atoms with Crippen molar-refractivity contribution in [3.05, 3.63) is 152 Å². The van der Waals surface area contributed by atoms with E-state index in [0.717, 1.165) is 47.9 Å². The Kier molecular flexibility index (Phi) is 18.4. The summed E-state index contributed by atoms with van der Waals surface area (Å²) >= 11 is 3.89. The molecule has 330 valence electrons. The molecule has 2 heterocycles. The minimum Gasteiger partial charge on any atom is -0.140 e. The van der Waals surface area contributed by atoms with Gasteiger partial charge in [0.25, 0.3) is 0 Å². The van der Waals surface area contributed by atoms with Gasteiger partial charge in [0.2, 0.25) is 0 Å². The zero-order valence-corrected chi connectivity index (χ0v) is 41.0. The molecule has 0 spiro atoms. The van der Waals surface area contributed by atoms with Crippen LogP contribution in [-0.2, 0) is 25.7 Å². The summed E-state index contributed by atoms with van der Waals surface area (Å²) in [7, 11) is 0. The molecule has 0 nitrogen and oxygen atoms in total. The lowest BCUT2D eigenvalue weighted by molar-refractivity contribution is 0.667. The van der Waals surface area contributed by atoms with Gasteiger partial charge in [-0.25, -0.2) is 0 Å². The standard InChI is InChI=1S/C62H70S2/c1-5-9-13-17-21-47-25-29-49(30-26-47)33-39-55-57-41-35-52(62-44-38-54(64-62)24-20-16-12-8-4)46-60(57)56(40-34-50-31-27-48(28-32-50)22-18-14-10-6-2)58-42-36-51(45-59(55)58)61-43-37-53(63-61)23-19-15-11-7-3/h25-32,35-38,41-46H,5-24H2,1-4H3. The second-order valence-corrected chi connectivity index (χ2v) is 20.3. The van der Waals surface area contributed by atoms with Crippen LogP contribution in [0.3, 0.4) is 0 Å². The summed E-state index contributed by atoms with van der Waals surface area (Å²) in [5.41, 5.74) is 9.58. The number of fused-ring (bicyclic) bond motifs is 2. The molecule has 0 saturated carbocycles. The molecule has 0 bridgehead atoms. The maximum Gasteiger partial charge on any atom is 0.0407 e. The highest BCUT2D eigenvalue weighted by molar-refractivity contribution is 7.15. The minimum absolute atomic E-state index is 1.06. The first-order chi connectivity index (χ1) is 31.6. The van der Waals surface area contributed by atoms with E-state index in [-0.39, 0.29) is 0 Å². The van der Waals surface area contributed by atoms with Gasteiger partial charge in [0.15, 0.2) is 0 Å². The van der Waals surface area contributed by atoms with Gasteiger partial charge in [-0.05, 0) is 156 Å². The minimum atomic E-state index is 1.06. The number of rotatable bonds is 22. The molecule has 0 atom stereocenters. The Morgan fingerprint density at radius 2 is 0.703 bits per heavy atom. The van der Waals surface area contributed by atoms with Gasteiger partial charge in [0, 0.05) is 41.8 Å². The van der Waals surface area contributed by atoms with E-state index in [1.165, 1.54) is 166 Å². The molecule has 0 aliphatic carbocycles. The van der Waals surface area contributed by atoms with Crippen LogP contribution in [0, 0.1) is 23.7 Å². The van der Waals surface area contributed by atoms with Gasteiger partial charge >= 0.3 is 0 Å². The Morgan fingerprint density at radius 3 is 1.08 bits per heavy atom. The fraction of sp³-hybridized carbons (Fsp3) is 0.387.